The van der Waals surface area contributed by atoms with Crippen molar-refractivity contribution >= 4 is 0 Å². The van der Waals surface area contributed by atoms with E-state index in [2.05, 4.69) is 18.7 Å². The number of benzene rings is 2. The van der Waals surface area contributed by atoms with E-state index in [1.807, 2.05) is 37.3 Å². The standard InChI is InChI=1S/C26H34FN3O3/c1-4-16-29(17-22(31)19-32-6-3)18-24-25(5-2)28-30(21-10-8-7-9-11-21)26(24)33-23-14-12-20(27)13-15-23/h7-15,22,31H,4-6,16-19H2,1-3H3. The topological polar surface area (TPSA) is 59.8 Å². The summed E-state index contributed by atoms with van der Waals surface area (Å²) in [5.41, 5.74) is 2.77. The lowest BCUT2D eigenvalue weighted by Crippen LogP contribution is -2.35. The molecule has 0 aliphatic carbocycles. The van der Waals surface area contributed by atoms with Crippen molar-refractivity contribution in [1.82, 2.24) is 14.7 Å². The lowest BCUT2D eigenvalue weighted by Gasteiger charge is -2.25. The largest absolute Gasteiger partial charge is 0.439 e. The Balaban J connectivity index is 1.98. The van der Waals surface area contributed by atoms with E-state index in [9.17, 15) is 9.50 Å². The van der Waals surface area contributed by atoms with Gasteiger partial charge in [0.1, 0.15) is 11.6 Å². The molecule has 178 valence electrons. The van der Waals surface area contributed by atoms with Crippen molar-refractivity contribution in [2.24, 2.45) is 0 Å². The first-order valence-corrected chi connectivity index (χ1v) is 11.6. The Labute approximate surface area is 195 Å². The molecule has 3 rings (SSSR count). The lowest BCUT2D eigenvalue weighted by atomic mass is 10.1. The highest BCUT2D eigenvalue weighted by Gasteiger charge is 2.23. The molecule has 1 N–H and O–H groups in total. The molecule has 1 heterocycles. The van der Waals surface area contributed by atoms with Gasteiger partial charge < -0.3 is 14.6 Å². The second-order valence-corrected chi connectivity index (χ2v) is 7.94. The number of para-hydroxylation sites is 1. The summed E-state index contributed by atoms with van der Waals surface area (Å²) in [4.78, 5) is 2.20. The molecule has 7 heteroatoms. The van der Waals surface area contributed by atoms with Gasteiger partial charge in [0.2, 0.25) is 5.88 Å². The first kappa shape index (κ1) is 24.9. The number of aliphatic hydroxyl groups excluding tert-OH is 1. The summed E-state index contributed by atoms with van der Waals surface area (Å²) < 4.78 is 27.0. The van der Waals surface area contributed by atoms with Crippen LogP contribution in [0.1, 0.15) is 38.4 Å². The maximum Gasteiger partial charge on any atom is 0.227 e. The number of hydrogen-bond donors (Lipinski definition) is 1. The molecule has 0 amide bonds. The summed E-state index contributed by atoms with van der Waals surface area (Å²) in [5.74, 6) is 0.826. The number of ether oxygens (including phenoxy) is 2. The summed E-state index contributed by atoms with van der Waals surface area (Å²) in [5, 5.41) is 15.3. The molecule has 0 saturated carbocycles. The van der Waals surface area contributed by atoms with Crippen LogP contribution in [0.4, 0.5) is 4.39 Å². The first-order chi connectivity index (χ1) is 16.0. The number of aliphatic hydroxyl groups is 1. The first-order valence-electron chi connectivity index (χ1n) is 11.6. The second kappa shape index (κ2) is 12.5. The predicted octanol–water partition coefficient (Wildman–Crippen LogP) is 4.98. The van der Waals surface area contributed by atoms with Crippen LogP contribution in [-0.4, -0.2) is 52.2 Å². The quantitative estimate of drug-likeness (QED) is 0.394. The Kier molecular flexibility index (Phi) is 9.42. The molecule has 1 aromatic heterocycles. The highest BCUT2D eigenvalue weighted by atomic mass is 19.1. The minimum absolute atomic E-state index is 0.305. The molecule has 0 radical (unpaired) electrons. The highest BCUT2D eigenvalue weighted by molar-refractivity contribution is 5.43. The fourth-order valence-corrected chi connectivity index (χ4v) is 3.76. The molecule has 0 fully saturated rings. The van der Waals surface area contributed by atoms with Gasteiger partial charge >= 0.3 is 0 Å². The van der Waals surface area contributed by atoms with Crippen molar-refractivity contribution in [1.29, 1.82) is 0 Å². The monoisotopic (exact) mass is 455 g/mol. The summed E-state index contributed by atoms with van der Waals surface area (Å²) in [7, 11) is 0. The van der Waals surface area contributed by atoms with Gasteiger partial charge in [0.15, 0.2) is 0 Å². The maximum absolute atomic E-state index is 13.5. The Morgan fingerprint density at radius 3 is 2.42 bits per heavy atom. The van der Waals surface area contributed by atoms with E-state index in [1.54, 1.807) is 16.8 Å². The van der Waals surface area contributed by atoms with Crippen molar-refractivity contribution in [2.75, 3.05) is 26.3 Å². The SMILES string of the molecule is CCCN(Cc1c(CC)nn(-c2ccccc2)c1Oc1ccc(F)cc1)CC(O)COCC. The van der Waals surface area contributed by atoms with Crippen LogP contribution in [0.25, 0.3) is 5.69 Å². The van der Waals surface area contributed by atoms with Crippen LogP contribution in [0, 0.1) is 5.82 Å². The molecule has 0 saturated heterocycles. The molecule has 6 nitrogen and oxygen atoms in total. The Hall–Kier alpha value is -2.74. The zero-order chi connectivity index (χ0) is 23.6. The fraction of sp³-hybridized carbons (Fsp3) is 0.423. The number of halogens is 1. The van der Waals surface area contributed by atoms with Crippen LogP contribution in [0.5, 0.6) is 11.6 Å². The lowest BCUT2D eigenvalue weighted by molar-refractivity contribution is 0.0194. The third-order valence-electron chi connectivity index (χ3n) is 5.29. The van der Waals surface area contributed by atoms with Crippen molar-refractivity contribution in [3.05, 3.63) is 71.7 Å². The minimum atomic E-state index is -0.577. The van der Waals surface area contributed by atoms with Gasteiger partial charge in [-0.1, -0.05) is 32.0 Å². The van der Waals surface area contributed by atoms with Gasteiger partial charge in [-0.05, 0) is 62.7 Å². The van der Waals surface area contributed by atoms with Gasteiger partial charge in [-0.3, -0.25) is 4.90 Å². The van der Waals surface area contributed by atoms with Crippen molar-refractivity contribution in [3.8, 4) is 17.3 Å². The van der Waals surface area contributed by atoms with Crippen LogP contribution < -0.4 is 4.74 Å². The highest BCUT2D eigenvalue weighted by Crippen LogP contribution is 2.32. The zero-order valence-electron chi connectivity index (χ0n) is 19.7. The smallest absolute Gasteiger partial charge is 0.227 e. The summed E-state index contributed by atoms with van der Waals surface area (Å²) in [6.45, 7) is 8.86. The second-order valence-electron chi connectivity index (χ2n) is 7.94. The van der Waals surface area contributed by atoms with E-state index in [4.69, 9.17) is 14.6 Å². The average molecular weight is 456 g/mol. The minimum Gasteiger partial charge on any atom is -0.439 e. The third kappa shape index (κ3) is 6.87. The molecule has 0 spiro atoms. The Morgan fingerprint density at radius 1 is 1.06 bits per heavy atom. The van der Waals surface area contributed by atoms with Crippen molar-refractivity contribution < 1.29 is 19.0 Å². The summed E-state index contributed by atoms with van der Waals surface area (Å²) in [6.07, 6.45) is 1.10. The molecule has 0 aliphatic heterocycles. The number of aryl methyl sites for hydroxylation is 1. The van der Waals surface area contributed by atoms with Gasteiger partial charge in [0.25, 0.3) is 0 Å². The van der Waals surface area contributed by atoms with Crippen molar-refractivity contribution in [2.45, 2.75) is 46.3 Å². The van der Waals surface area contributed by atoms with Gasteiger partial charge in [0, 0.05) is 19.7 Å². The number of rotatable bonds is 13. The van der Waals surface area contributed by atoms with Crippen molar-refractivity contribution in [3.63, 3.8) is 0 Å². The molecular formula is C26H34FN3O3. The molecule has 2 aromatic carbocycles. The molecule has 0 bridgehead atoms. The van der Waals surface area contributed by atoms with E-state index < -0.39 is 6.10 Å². The normalized spacial score (nSPS) is 12.3. The van der Waals surface area contributed by atoms with Crippen LogP contribution in [-0.2, 0) is 17.7 Å². The number of aromatic nitrogens is 2. The Morgan fingerprint density at radius 2 is 1.79 bits per heavy atom. The molecule has 1 unspecified atom stereocenters. The van der Waals surface area contributed by atoms with Gasteiger partial charge in [0.05, 0.1) is 29.7 Å². The predicted molar refractivity (Wildman–Crippen MR) is 127 cm³/mol. The van der Waals surface area contributed by atoms with E-state index in [0.717, 1.165) is 36.3 Å². The van der Waals surface area contributed by atoms with E-state index >= 15 is 0 Å². The molecule has 1 atom stereocenters. The average Bonchev–Trinajstić information content (AvgIpc) is 3.16. The van der Waals surface area contributed by atoms with Crippen LogP contribution in [0.2, 0.25) is 0 Å². The molecular weight excluding hydrogens is 421 g/mol. The Bertz CT molecular complexity index is 976. The van der Waals surface area contributed by atoms with E-state index in [-0.39, 0.29) is 5.82 Å². The zero-order valence-corrected chi connectivity index (χ0v) is 19.7. The number of nitrogens with zero attached hydrogens (tertiary/aromatic N) is 3. The van der Waals surface area contributed by atoms with Gasteiger partial charge in [-0.15, -0.1) is 0 Å². The van der Waals surface area contributed by atoms with Crippen LogP contribution >= 0.6 is 0 Å². The maximum atomic E-state index is 13.5. The van der Waals surface area contributed by atoms with E-state index in [0.29, 0.717) is 37.9 Å². The van der Waals surface area contributed by atoms with Crippen LogP contribution in [0.15, 0.2) is 54.6 Å². The molecule has 33 heavy (non-hydrogen) atoms. The summed E-state index contributed by atoms with van der Waals surface area (Å²) in [6, 6.07) is 15.8. The molecule has 3 aromatic rings. The van der Waals surface area contributed by atoms with Crippen LogP contribution in [0.3, 0.4) is 0 Å². The summed E-state index contributed by atoms with van der Waals surface area (Å²) >= 11 is 0. The number of hydrogen-bond acceptors (Lipinski definition) is 5. The van der Waals surface area contributed by atoms with Gasteiger partial charge in [-0.2, -0.15) is 5.10 Å². The fourth-order valence-electron chi connectivity index (χ4n) is 3.76. The van der Waals surface area contributed by atoms with Gasteiger partial charge in [-0.25, -0.2) is 9.07 Å². The van der Waals surface area contributed by atoms with E-state index in [1.165, 1.54) is 12.1 Å². The third-order valence-corrected chi connectivity index (χ3v) is 5.29. The molecule has 0 aliphatic rings.